The number of aliphatic hydroxyl groups excluding tert-OH is 1. The fourth-order valence-corrected chi connectivity index (χ4v) is 2.56. The van der Waals surface area contributed by atoms with Gasteiger partial charge < -0.3 is 9.84 Å². The maximum atomic E-state index is 13.2. The van der Waals surface area contributed by atoms with E-state index in [4.69, 9.17) is 4.74 Å². The molecule has 1 aliphatic heterocycles. The summed E-state index contributed by atoms with van der Waals surface area (Å²) in [4.78, 5) is 4.26. The standard InChI is InChI=1S/C17H13F4NO2/c1-9(7-23)14-6-12-13(17(19,20)21)8-24-16(12)15(22-14)10-2-4-11(18)5-3-10/h2-6,13,23H,1,7-8H2. The van der Waals surface area contributed by atoms with Crippen molar-refractivity contribution in [1.29, 1.82) is 0 Å². The summed E-state index contributed by atoms with van der Waals surface area (Å²) in [6, 6.07) is 6.44. The molecule has 1 unspecified atom stereocenters. The molecule has 0 saturated carbocycles. The highest BCUT2D eigenvalue weighted by Gasteiger charge is 2.47. The second-order valence-electron chi connectivity index (χ2n) is 5.45. The molecule has 1 aromatic carbocycles. The molecular weight excluding hydrogens is 326 g/mol. The number of benzene rings is 1. The van der Waals surface area contributed by atoms with Crippen LogP contribution in [0.3, 0.4) is 0 Å². The van der Waals surface area contributed by atoms with Gasteiger partial charge >= 0.3 is 6.18 Å². The molecule has 1 aromatic heterocycles. The highest BCUT2D eigenvalue weighted by Crippen LogP contribution is 2.47. The van der Waals surface area contributed by atoms with Gasteiger partial charge in [-0.2, -0.15) is 13.2 Å². The number of rotatable bonds is 3. The zero-order valence-electron chi connectivity index (χ0n) is 12.4. The second kappa shape index (κ2) is 5.90. The van der Waals surface area contributed by atoms with Crippen LogP contribution in [-0.2, 0) is 0 Å². The maximum Gasteiger partial charge on any atom is 0.399 e. The van der Waals surface area contributed by atoms with Crippen molar-refractivity contribution in [3.63, 3.8) is 0 Å². The second-order valence-corrected chi connectivity index (χ2v) is 5.45. The van der Waals surface area contributed by atoms with E-state index in [1.807, 2.05) is 0 Å². The number of nitrogens with zero attached hydrogens (tertiary/aromatic N) is 1. The molecular formula is C17H13F4NO2. The lowest BCUT2D eigenvalue weighted by Crippen LogP contribution is -2.22. The van der Waals surface area contributed by atoms with Crippen LogP contribution in [0.1, 0.15) is 17.2 Å². The Morgan fingerprint density at radius 2 is 1.96 bits per heavy atom. The molecule has 0 amide bonds. The number of fused-ring (bicyclic) bond motifs is 1. The fourth-order valence-electron chi connectivity index (χ4n) is 2.56. The first-order valence-corrected chi connectivity index (χ1v) is 7.10. The SMILES string of the molecule is C=C(CO)c1cc2c(c(-c3ccc(F)cc3)n1)OCC2C(F)(F)F. The lowest BCUT2D eigenvalue weighted by Gasteiger charge is -2.15. The van der Waals surface area contributed by atoms with E-state index in [-0.39, 0.29) is 28.3 Å². The molecule has 1 atom stereocenters. The number of hydrogen-bond donors (Lipinski definition) is 1. The number of ether oxygens (including phenoxy) is 1. The third-order valence-corrected chi connectivity index (χ3v) is 3.84. The van der Waals surface area contributed by atoms with E-state index in [0.717, 1.165) is 0 Å². The minimum atomic E-state index is -4.47. The van der Waals surface area contributed by atoms with Crippen LogP contribution < -0.4 is 4.74 Å². The van der Waals surface area contributed by atoms with E-state index in [9.17, 15) is 22.7 Å². The Bertz CT molecular complexity index is 784. The topological polar surface area (TPSA) is 42.4 Å². The van der Waals surface area contributed by atoms with Crippen LogP contribution in [0.4, 0.5) is 17.6 Å². The smallest absolute Gasteiger partial charge is 0.399 e. The molecule has 3 nitrogen and oxygen atoms in total. The van der Waals surface area contributed by atoms with Gasteiger partial charge in [-0.3, -0.25) is 0 Å². The van der Waals surface area contributed by atoms with Gasteiger partial charge in [0.15, 0.2) is 0 Å². The number of aliphatic hydroxyl groups is 1. The molecule has 0 bridgehead atoms. The largest absolute Gasteiger partial charge is 0.490 e. The van der Waals surface area contributed by atoms with Crippen molar-refractivity contribution in [2.75, 3.05) is 13.2 Å². The lowest BCUT2D eigenvalue weighted by atomic mass is 9.97. The van der Waals surface area contributed by atoms with Gasteiger partial charge in [0.05, 0.1) is 12.3 Å². The van der Waals surface area contributed by atoms with Crippen molar-refractivity contribution < 1.29 is 27.4 Å². The molecule has 3 rings (SSSR count). The number of hydrogen-bond acceptors (Lipinski definition) is 3. The van der Waals surface area contributed by atoms with E-state index in [2.05, 4.69) is 11.6 Å². The van der Waals surface area contributed by atoms with Crippen molar-refractivity contribution in [3.8, 4) is 17.0 Å². The molecule has 0 spiro atoms. The van der Waals surface area contributed by atoms with Gasteiger partial charge in [0.2, 0.25) is 0 Å². The molecule has 126 valence electrons. The summed E-state index contributed by atoms with van der Waals surface area (Å²) in [7, 11) is 0. The molecule has 0 radical (unpaired) electrons. The van der Waals surface area contributed by atoms with E-state index < -0.39 is 31.1 Å². The Kier molecular flexibility index (Phi) is 4.04. The predicted molar refractivity (Wildman–Crippen MR) is 80.0 cm³/mol. The highest BCUT2D eigenvalue weighted by atomic mass is 19.4. The van der Waals surface area contributed by atoms with E-state index in [0.29, 0.717) is 5.56 Å². The molecule has 0 aliphatic carbocycles. The minimum Gasteiger partial charge on any atom is -0.490 e. The van der Waals surface area contributed by atoms with Crippen LogP contribution >= 0.6 is 0 Å². The quantitative estimate of drug-likeness (QED) is 0.862. The molecule has 0 saturated heterocycles. The summed E-state index contributed by atoms with van der Waals surface area (Å²) in [5.41, 5.74) is 0.873. The Hall–Kier alpha value is -2.41. The van der Waals surface area contributed by atoms with Crippen LogP contribution in [0.15, 0.2) is 36.9 Å². The third kappa shape index (κ3) is 2.87. The summed E-state index contributed by atoms with van der Waals surface area (Å²) >= 11 is 0. The molecule has 24 heavy (non-hydrogen) atoms. The van der Waals surface area contributed by atoms with E-state index >= 15 is 0 Å². The van der Waals surface area contributed by atoms with Gasteiger partial charge in [0, 0.05) is 11.1 Å². The van der Waals surface area contributed by atoms with Crippen LogP contribution in [0.25, 0.3) is 16.8 Å². The average molecular weight is 339 g/mol. The molecule has 1 N–H and O–H groups in total. The first kappa shape index (κ1) is 16.4. The zero-order chi connectivity index (χ0) is 17.5. The summed E-state index contributed by atoms with van der Waals surface area (Å²) in [5, 5.41) is 9.22. The van der Waals surface area contributed by atoms with Crippen molar-refractivity contribution in [1.82, 2.24) is 4.98 Å². The zero-order valence-corrected chi connectivity index (χ0v) is 12.4. The number of aromatic nitrogens is 1. The summed E-state index contributed by atoms with van der Waals surface area (Å²) in [5.74, 6) is -2.22. The van der Waals surface area contributed by atoms with E-state index in [1.165, 1.54) is 30.3 Å². The van der Waals surface area contributed by atoms with Crippen LogP contribution in [-0.4, -0.2) is 29.5 Å². The molecule has 2 aromatic rings. The summed E-state index contributed by atoms with van der Waals surface area (Å²) in [6.07, 6.45) is -4.47. The Balaban J connectivity index is 2.20. The Labute approximate surface area is 135 Å². The van der Waals surface area contributed by atoms with Crippen molar-refractivity contribution in [2.24, 2.45) is 0 Å². The van der Waals surface area contributed by atoms with Gasteiger partial charge in [0.25, 0.3) is 0 Å². The maximum absolute atomic E-state index is 13.2. The highest BCUT2D eigenvalue weighted by molar-refractivity contribution is 5.74. The third-order valence-electron chi connectivity index (χ3n) is 3.84. The van der Waals surface area contributed by atoms with Gasteiger partial charge in [-0.1, -0.05) is 6.58 Å². The van der Waals surface area contributed by atoms with E-state index in [1.54, 1.807) is 0 Å². The van der Waals surface area contributed by atoms with Crippen LogP contribution in [0.5, 0.6) is 5.75 Å². The first-order chi connectivity index (χ1) is 11.3. The van der Waals surface area contributed by atoms with Gasteiger partial charge in [-0.05, 0) is 35.9 Å². The predicted octanol–water partition coefficient (Wildman–Crippen LogP) is 3.93. The number of pyridine rings is 1. The Morgan fingerprint density at radius 3 is 2.54 bits per heavy atom. The Morgan fingerprint density at radius 1 is 1.29 bits per heavy atom. The van der Waals surface area contributed by atoms with Crippen molar-refractivity contribution in [2.45, 2.75) is 12.1 Å². The average Bonchev–Trinajstić information content (AvgIpc) is 2.98. The van der Waals surface area contributed by atoms with Crippen molar-refractivity contribution >= 4 is 5.57 Å². The van der Waals surface area contributed by atoms with Gasteiger partial charge in [-0.15, -0.1) is 0 Å². The number of halogens is 4. The minimum absolute atomic E-state index is 0.0263. The fraction of sp³-hybridized carbons (Fsp3) is 0.235. The number of alkyl halides is 3. The van der Waals surface area contributed by atoms with Crippen molar-refractivity contribution in [3.05, 3.63) is 54.0 Å². The monoisotopic (exact) mass is 339 g/mol. The summed E-state index contributed by atoms with van der Waals surface area (Å²) < 4.78 is 58.0. The lowest BCUT2D eigenvalue weighted by molar-refractivity contribution is -0.151. The molecule has 2 heterocycles. The molecule has 0 fully saturated rings. The van der Waals surface area contributed by atoms with Gasteiger partial charge in [-0.25, -0.2) is 9.37 Å². The van der Waals surface area contributed by atoms with Crippen LogP contribution in [0, 0.1) is 5.82 Å². The van der Waals surface area contributed by atoms with Gasteiger partial charge in [0.1, 0.15) is 29.8 Å². The normalized spacial score (nSPS) is 16.6. The first-order valence-electron chi connectivity index (χ1n) is 7.10. The molecule has 7 heteroatoms. The molecule has 1 aliphatic rings. The summed E-state index contributed by atoms with van der Waals surface area (Å²) in [6.45, 7) is 2.63. The van der Waals surface area contributed by atoms with Crippen LogP contribution in [0.2, 0.25) is 0 Å².